The third kappa shape index (κ3) is 2.83. The van der Waals surface area contributed by atoms with Crippen molar-refractivity contribution in [2.24, 2.45) is 0 Å². The second-order valence-electron chi connectivity index (χ2n) is 5.31. The number of halogens is 2. The van der Waals surface area contributed by atoms with E-state index in [0.29, 0.717) is 16.6 Å². The molecule has 0 saturated carbocycles. The number of rotatable bonds is 3. The number of hydrogen-bond acceptors (Lipinski definition) is 2. The molecule has 2 aromatic carbocycles. The number of benzene rings is 2. The summed E-state index contributed by atoms with van der Waals surface area (Å²) in [5, 5.41) is 6.79. The fourth-order valence-electron chi connectivity index (χ4n) is 2.72. The minimum atomic E-state index is 0.0958. The highest BCUT2D eigenvalue weighted by atomic mass is 35.5. The van der Waals surface area contributed by atoms with Crippen LogP contribution in [0.25, 0.3) is 11.0 Å². The zero-order chi connectivity index (χ0) is 15.8. The smallest absolute Gasteiger partial charge is 0.132 e. The van der Waals surface area contributed by atoms with Gasteiger partial charge in [-0.1, -0.05) is 41.4 Å². The van der Waals surface area contributed by atoms with Gasteiger partial charge in [-0.2, -0.15) is 0 Å². The fourth-order valence-corrected chi connectivity index (χ4v) is 3.85. The molecule has 3 aromatic rings. The standard InChI is InChI=1S/C17H13Cl2N3S/c18-12-6-5-11(13(19)7-12)8-22-16-4-2-1-3-14(16)21-17(22)15-9-23-10-20-15/h1-7,9-10,15,20H,8H2/t15-/m0/s1. The van der Waals surface area contributed by atoms with Gasteiger partial charge in [0, 0.05) is 15.5 Å². The molecule has 4 rings (SSSR count). The highest BCUT2D eigenvalue weighted by Crippen LogP contribution is 2.26. The average molecular weight is 362 g/mol. The SMILES string of the molecule is Clc1ccc(Cn2c([C@@H]3C=S=CN3)nc3ccccc32)c(Cl)c1. The summed E-state index contributed by atoms with van der Waals surface area (Å²) in [4.78, 5) is 4.80. The van der Waals surface area contributed by atoms with Gasteiger partial charge in [0.05, 0.1) is 23.6 Å². The van der Waals surface area contributed by atoms with Crippen LogP contribution in [-0.4, -0.2) is 20.4 Å². The molecule has 0 aliphatic carbocycles. The van der Waals surface area contributed by atoms with Crippen molar-refractivity contribution in [1.82, 2.24) is 14.9 Å². The van der Waals surface area contributed by atoms with Crippen LogP contribution in [0, 0.1) is 0 Å². The number of para-hydroxylation sites is 2. The monoisotopic (exact) mass is 361 g/mol. The van der Waals surface area contributed by atoms with Gasteiger partial charge in [0.2, 0.25) is 0 Å². The Bertz CT molecular complexity index is 958. The summed E-state index contributed by atoms with van der Waals surface area (Å²) in [6.45, 7) is 0.655. The predicted octanol–water partition coefficient (Wildman–Crippen LogP) is 4.33. The van der Waals surface area contributed by atoms with Gasteiger partial charge in [0.25, 0.3) is 0 Å². The zero-order valence-corrected chi connectivity index (χ0v) is 14.4. The summed E-state index contributed by atoms with van der Waals surface area (Å²) < 4.78 is 2.21. The Kier molecular flexibility index (Phi) is 3.99. The van der Waals surface area contributed by atoms with E-state index in [4.69, 9.17) is 28.2 Å². The van der Waals surface area contributed by atoms with Crippen LogP contribution in [0.4, 0.5) is 0 Å². The predicted molar refractivity (Wildman–Crippen MR) is 101 cm³/mol. The number of nitrogens with one attached hydrogen (secondary N) is 1. The number of hydrogen-bond donors (Lipinski definition) is 1. The Morgan fingerprint density at radius 2 is 2.04 bits per heavy atom. The average Bonchev–Trinajstić information content (AvgIpc) is 3.18. The topological polar surface area (TPSA) is 29.9 Å². The lowest BCUT2D eigenvalue weighted by atomic mass is 10.2. The van der Waals surface area contributed by atoms with Crippen molar-refractivity contribution in [3.8, 4) is 0 Å². The third-order valence-corrected chi connectivity index (χ3v) is 5.12. The van der Waals surface area contributed by atoms with Crippen LogP contribution in [0.1, 0.15) is 17.4 Å². The highest BCUT2D eigenvalue weighted by molar-refractivity contribution is 7.96. The van der Waals surface area contributed by atoms with Gasteiger partial charge in [0.1, 0.15) is 5.82 Å². The summed E-state index contributed by atoms with van der Waals surface area (Å²) in [5.41, 5.74) is 5.08. The van der Waals surface area contributed by atoms with Gasteiger partial charge in [-0.3, -0.25) is 5.32 Å². The molecule has 0 radical (unpaired) electrons. The van der Waals surface area contributed by atoms with Crippen LogP contribution in [0.5, 0.6) is 0 Å². The molecule has 1 aliphatic rings. The van der Waals surface area contributed by atoms with E-state index >= 15 is 0 Å². The molecule has 1 aromatic heterocycles. The summed E-state index contributed by atoms with van der Waals surface area (Å²) in [6, 6.07) is 13.9. The van der Waals surface area contributed by atoms with Gasteiger partial charge in [-0.15, -0.1) is 10.9 Å². The maximum atomic E-state index is 6.36. The molecule has 0 saturated heterocycles. The molecule has 0 unspecified atom stereocenters. The minimum Gasteiger partial charge on any atom is -0.322 e. The second kappa shape index (κ2) is 6.13. The number of imidazole rings is 1. The van der Waals surface area contributed by atoms with E-state index < -0.39 is 0 Å². The molecule has 0 amide bonds. The lowest BCUT2D eigenvalue weighted by Gasteiger charge is -2.14. The summed E-state index contributed by atoms with van der Waals surface area (Å²) >= 11 is 12.4. The molecule has 116 valence electrons. The van der Waals surface area contributed by atoms with E-state index in [1.807, 2.05) is 35.8 Å². The zero-order valence-electron chi connectivity index (χ0n) is 12.0. The second-order valence-corrected chi connectivity index (χ2v) is 6.94. The molecule has 2 heterocycles. The Morgan fingerprint density at radius 1 is 1.17 bits per heavy atom. The van der Waals surface area contributed by atoms with E-state index in [1.54, 1.807) is 17.0 Å². The van der Waals surface area contributed by atoms with Gasteiger partial charge in [0.15, 0.2) is 0 Å². The molecule has 1 aliphatic heterocycles. The van der Waals surface area contributed by atoms with E-state index in [0.717, 1.165) is 22.4 Å². The molecule has 6 heteroatoms. The number of aromatic nitrogens is 2. The Balaban J connectivity index is 1.83. The van der Waals surface area contributed by atoms with Crippen molar-refractivity contribution in [1.29, 1.82) is 0 Å². The van der Waals surface area contributed by atoms with Crippen molar-refractivity contribution in [3.05, 3.63) is 63.9 Å². The van der Waals surface area contributed by atoms with Crippen LogP contribution < -0.4 is 5.32 Å². The van der Waals surface area contributed by atoms with Gasteiger partial charge in [-0.25, -0.2) is 4.98 Å². The Morgan fingerprint density at radius 3 is 2.83 bits per heavy atom. The normalized spacial score (nSPS) is 16.9. The third-order valence-electron chi connectivity index (χ3n) is 3.84. The summed E-state index contributed by atoms with van der Waals surface area (Å²) in [5.74, 6) is 0.985. The van der Waals surface area contributed by atoms with E-state index in [1.165, 1.54) is 0 Å². The molecule has 23 heavy (non-hydrogen) atoms. The van der Waals surface area contributed by atoms with Crippen molar-refractivity contribution >= 4 is 56.0 Å². The molecular formula is C17H13Cl2N3S. The lowest BCUT2D eigenvalue weighted by molar-refractivity contribution is 0.698. The van der Waals surface area contributed by atoms with Crippen molar-refractivity contribution in [2.75, 3.05) is 0 Å². The van der Waals surface area contributed by atoms with Crippen LogP contribution in [-0.2, 0) is 6.54 Å². The fraction of sp³-hybridized carbons (Fsp3) is 0.118. The van der Waals surface area contributed by atoms with Crippen LogP contribution in [0.15, 0.2) is 42.5 Å². The largest absolute Gasteiger partial charge is 0.322 e. The molecule has 3 nitrogen and oxygen atoms in total. The number of nitrogens with zero attached hydrogens (tertiary/aromatic N) is 2. The van der Waals surface area contributed by atoms with Crippen molar-refractivity contribution in [3.63, 3.8) is 0 Å². The molecule has 1 atom stereocenters. The quantitative estimate of drug-likeness (QED) is 0.703. The first-order valence-electron chi connectivity index (χ1n) is 7.18. The van der Waals surface area contributed by atoms with Gasteiger partial charge < -0.3 is 4.57 Å². The first-order chi connectivity index (χ1) is 11.2. The van der Waals surface area contributed by atoms with E-state index in [9.17, 15) is 0 Å². The first kappa shape index (κ1) is 15.0. The van der Waals surface area contributed by atoms with Gasteiger partial charge in [-0.05, 0) is 35.2 Å². The highest BCUT2D eigenvalue weighted by Gasteiger charge is 2.19. The van der Waals surface area contributed by atoms with E-state index in [-0.39, 0.29) is 6.04 Å². The van der Waals surface area contributed by atoms with E-state index in [2.05, 4.69) is 21.3 Å². The van der Waals surface area contributed by atoms with Crippen LogP contribution in [0.2, 0.25) is 10.0 Å². The minimum absolute atomic E-state index is 0.0958. The number of fused-ring (bicyclic) bond motifs is 1. The molecular weight excluding hydrogens is 349 g/mol. The lowest BCUT2D eigenvalue weighted by Crippen LogP contribution is -2.21. The molecule has 0 bridgehead atoms. The molecule has 0 fully saturated rings. The van der Waals surface area contributed by atoms with Crippen LogP contribution >= 0.6 is 34.1 Å². The summed E-state index contributed by atoms with van der Waals surface area (Å²) in [7, 11) is 1.65. The summed E-state index contributed by atoms with van der Waals surface area (Å²) in [6.07, 6.45) is 0. The van der Waals surface area contributed by atoms with Crippen molar-refractivity contribution in [2.45, 2.75) is 12.6 Å². The molecule has 0 spiro atoms. The maximum Gasteiger partial charge on any atom is 0.132 e. The van der Waals surface area contributed by atoms with Gasteiger partial charge >= 0.3 is 0 Å². The Hall–Kier alpha value is -1.59. The molecule has 1 N–H and O–H groups in total. The first-order valence-corrected chi connectivity index (χ1v) is 8.88. The Labute approximate surface area is 147 Å². The van der Waals surface area contributed by atoms with Crippen LogP contribution in [0.3, 0.4) is 0 Å². The maximum absolute atomic E-state index is 6.36. The van der Waals surface area contributed by atoms with Crippen molar-refractivity contribution < 1.29 is 0 Å².